The maximum atomic E-state index is 14.1. The molecule has 0 saturated carbocycles. The van der Waals surface area contributed by atoms with E-state index in [0.29, 0.717) is 28.8 Å². The standard InChI is InChI=1S/C24H19ClFN3O4S/c1-13-18(29-24(33-13)21-4-3-9-34-21)12-22(30)27-15-6-8-20(32-2)19(11-15)28-23(31)16-7-5-14(25)10-17(16)26/h3-11H,12H2,1-2H3,(H,27,30)(H,28,31). The van der Waals surface area contributed by atoms with E-state index in [1.165, 1.54) is 36.6 Å². The lowest BCUT2D eigenvalue weighted by atomic mass is 10.2. The Morgan fingerprint density at radius 1 is 1.18 bits per heavy atom. The molecule has 174 valence electrons. The number of anilines is 2. The fourth-order valence-corrected chi connectivity index (χ4v) is 4.01. The number of amides is 2. The van der Waals surface area contributed by atoms with Gasteiger partial charge in [-0.25, -0.2) is 9.37 Å². The van der Waals surface area contributed by atoms with Crippen LogP contribution in [0.5, 0.6) is 5.75 Å². The van der Waals surface area contributed by atoms with Crippen molar-refractivity contribution >= 4 is 46.1 Å². The average molecular weight is 500 g/mol. The highest BCUT2D eigenvalue weighted by atomic mass is 35.5. The van der Waals surface area contributed by atoms with E-state index in [1.807, 2.05) is 17.5 Å². The van der Waals surface area contributed by atoms with Crippen LogP contribution in [0.15, 0.2) is 58.3 Å². The Morgan fingerprint density at radius 2 is 2.00 bits per heavy atom. The number of oxazole rings is 1. The van der Waals surface area contributed by atoms with E-state index >= 15 is 0 Å². The summed E-state index contributed by atoms with van der Waals surface area (Å²) < 4.78 is 25.1. The topological polar surface area (TPSA) is 93.5 Å². The number of nitrogens with zero attached hydrogens (tertiary/aromatic N) is 1. The molecule has 0 atom stereocenters. The second-order valence-electron chi connectivity index (χ2n) is 7.22. The molecule has 0 bridgehead atoms. The van der Waals surface area contributed by atoms with Gasteiger partial charge in [0.05, 0.1) is 35.4 Å². The third-order valence-electron chi connectivity index (χ3n) is 4.86. The number of hydrogen-bond acceptors (Lipinski definition) is 6. The van der Waals surface area contributed by atoms with E-state index in [1.54, 1.807) is 19.1 Å². The molecule has 2 amide bonds. The summed E-state index contributed by atoms with van der Waals surface area (Å²) in [5, 5.41) is 7.47. The third kappa shape index (κ3) is 5.27. The summed E-state index contributed by atoms with van der Waals surface area (Å²) in [5.41, 5.74) is 1.03. The van der Waals surface area contributed by atoms with Crippen molar-refractivity contribution in [3.63, 3.8) is 0 Å². The van der Waals surface area contributed by atoms with Gasteiger partial charge in [0.25, 0.3) is 5.91 Å². The number of methoxy groups -OCH3 is 1. The predicted molar refractivity (Wildman–Crippen MR) is 129 cm³/mol. The number of nitrogens with one attached hydrogen (secondary N) is 2. The lowest BCUT2D eigenvalue weighted by Crippen LogP contribution is -2.17. The van der Waals surface area contributed by atoms with Crippen molar-refractivity contribution in [3.05, 3.63) is 81.8 Å². The highest BCUT2D eigenvalue weighted by Gasteiger charge is 2.18. The van der Waals surface area contributed by atoms with E-state index in [9.17, 15) is 14.0 Å². The summed E-state index contributed by atoms with van der Waals surface area (Å²) in [6, 6.07) is 12.3. The molecule has 7 nitrogen and oxygen atoms in total. The fraction of sp³-hybridized carbons (Fsp3) is 0.125. The van der Waals surface area contributed by atoms with E-state index in [-0.39, 0.29) is 28.6 Å². The molecule has 0 fully saturated rings. The molecule has 0 unspecified atom stereocenters. The monoisotopic (exact) mass is 499 g/mol. The van der Waals surface area contributed by atoms with Gasteiger partial charge < -0.3 is 19.8 Å². The fourth-order valence-electron chi connectivity index (χ4n) is 3.20. The number of ether oxygens (including phenoxy) is 1. The molecule has 0 aliphatic heterocycles. The van der Waals surface area contributed by atoms with Crippen molar-refractivity contribution in [2.75, 3.05) is 17.7 Å². The van der Waals surface area contributed by atoms with Gasteiger partial charge in [-0.15, -0.1) is 11.3 Å². The number of halogens is 2. The Bertz CT molecular complexity index is 1350. The van der Waals surface area contributed by atoms with Gasteiger partial charge in [0, 0.05) is 10.7 Å². The van der Waals surface area contributed by atoms with Gasteiger partial charge >= 0.3 is 0 Å². The van der Waals surface area contributed by atoms with Gasteiger partial charge in [0.15, 0.2) is 0 Å². The van der Waals surface area contributed by atoms with Crippen molar-refractivity contribution in [1.82, 2.24) is 4.98 Å². The smallest absolute Gasteiger partial charge is 0.258 e. The molecular formula is C24H19ClFN3O4S. The van der Waals surface area contributed by atoms with Gasteiger partial charge in [0.1, 0.15) is 17.3 Å². The van der Waals surface area contributed by atoms with Crippen LogP contribution in [0.3, 0.4) is 0 Å². The number of aryl methyl sites for hydroxylation is 1. The van der Waals surface area contributed by atoms with Crippen LogP contribution in [0.4, 0.5) is 15.8 Å². The zero-order valence-electron chi connectivity index (χ0n) is 18.1. The highest BCUT2D eigenvalue weighted by Crippen LogP contribution is 2.30. The second kappa shape index (κ2) is 10.1. The van der Waals surface area contributed by atoms with Crippen molar-refractivity contribution in [2.45, 2.75) is 13.3 Å². The second-order valence-corrected chi connectivity index (χ2v) is 8.60. The Hall–Kier alpha value is -3.69. The maximum Gasteiger partial charge on any atom is 0.258 e. The summed E-state index contributed by atoms with van der Waals surface area (Å²) in [7, 11) is 1.44. The van der Waals surface area contributed by atoms with E-state index in [0.717, 1.165) is 10.9 Å². The Morgan fingerprint density at radius 3 is 2.71 bits per heavy atom. The minimum atomic E-state index is -0.752. The first-order valence-electron chi connectivity index (χ1n) is 10.1. The Kier molecular flexibility index (Phi) is 6.95. The first-order chi connectivity index (χ1) is 16.3. The van der Waals surface area contributed by atoms with Crippen molar-refractivity contribution in [1.29, 1.82) is 0 Å². The van der Waals surface area contributed by atoms with Crippen LogP contribution in [-0.2, 0) is 11.2 Å². The minimum absolute atomic E-state index is 0.00438. The van der Waals surface area contributed by atoms with Gasteiger partial charge in [-0.2, -0.15) is 0 Å². The van der Waals surface area contributed by atoms with Crippen LogP contribution < -0.4 is 15.4 Å². The normalized spacial score (nSPS) is 10.7. The largest absolute Gasteiger partial charge is 0.495 e. The number of hydrogen-bond donors (Lipinski definition) is 2. The van der Waals surface area contributed by atoms with Gasteiger partial charge in [-0.1, -0.05) is 17.7 Å². The Balaban J connectivity index is 1.48. The van der Waals surface area contributed by atoms with Crippen LogP contribution in [0, 0.1) is 12.7 Å². The average Bonchev–Trinajstić information content (AvgIpc) is 3.44. The molecule has 2 N–H and O–H groups in total. The van der Waals surface area contributed by atoms with Crippen molar-refractivity contribution < 1.29 is 23.1 Å². The molecule has 0 aliphatic rings. The molecule has 0 radical (unpaired) electrons. The summed E-state index contributed by atoms with van der Waals surface area (Å²) in [4.78, 5) is 30.5. The van der Waals surface area contributed by atoms with E-state index < -0.39 is 11.7 Å². The number of carbonyl (C=O) groups is 2. The van der Waals surface area contributed by atoms with E-state index in [4.69, 9.17) is 20.8 Å². The Labute approximate surface area is 203 Å². The van der Waals surface area contributed by atoms with E-state index in [2.05, 4.69) is 15.6 Å². The lowest BCUT2D eigenvalue weighted by molar-refractivity contribution is -0.115. The molecule has 2 aromatic carbocycles. The van der Waals surface area contributed by atoms with Gasteiger partial charge in [0.2, 0.25) is 11.8 Å². The third-order valence-corrected chi connectivity index (χ3v) is 5.95. The van der Waals surface area contributed by atoms with Crippen LogP contribution >= 0.6 is 22.9 Å². The highest BCUT2D eigenvalue weighted by molar-refractivity contribution is 7.13. The SMILES string of the molecule is COc1ccc(NC(=O)Cc2nc(-c3cccs3)oc2C)cc1NC(=O)c1ccc(Cl)cc1F. The summed E-state index contributed by atoms with van der Waals surface area (Å²) in [5.74, 6) is -0.382. The maximum absolute atomic E-state index is 14.1. The molecule has 4 aromatic rings. The summed E-state index contributed by atoms with van der Waals surface area (Å²) in [6.07, 6.45) is 0.00438. The molecule has 4 rings (SSSR count). The molecule has 10 heteroatoms. The predicted octanol–water partition coefficient (Wildman–Crippen LogP) is 5.95. The van der Waals surface area contributed by atoms with Crippen LogP contribution in [0.25, 0.3) is 10.8 Å². The molecule has 2 aromatic heterocycles. The van der Waals surface area contributed by atoms with Crippen LogP contribution in [0.1, 0.15) is 21.8 Å². The first-order valence-corrected chi connectivity index (χ1v) is 11.3. The quantitative estimate of drug-likeness (QED) is 0.328. The molecule has 0 spiro atoms. The number of rotatable bonds is 7. The molecule has 2 heterocycles. The van der Waals surface area contributed by atoms with Gasteiger partial charge in [-0.05, 0) is 54.8 Å². The first kappa shape index (κ1) is 23.5. The van der Waals surface area contributed by atoms with Crippen LogP contribution in [0.2, 0.25) is 5.02 Å². The van der Waals surface area contributed by atoms with Gasteiger partial charge in [-0.3, -0.25) is 9.59 Å². The number of benzene rings is 2. The zero-order valence-corrected chi connectivity index (χ0v) is 19.7. The molecular weight excluding hydrogens is 481 g/mol. The van der Waals surface area contributed by atoms with Crippen molar-refractivity contribution in [2.24, 2.45) is 0 Å². The zero-order chi connectivity index (χ0) is 24.2. The minimum Gasteiger partial charge on any atom is -0.495 e. The van der Waals surface area contributed by atoms with Crippen molar-refractivity contribution in [3.8, 4) is 16.5 Å². The van der Waals surface area contributed by atoms with Crippen LogP contribution in [-0.4, -0.2) is 23.9 Å². The summed E-state index contributed by atoms with van der Waals surface area (Å²) >= 11 is 7.25. The lowest BCUT2D eigenvalue weighted by Gasteiger charge is -2.13. The molecule has 0 saturated heterocycles. The summed E-state index contributed by atoms with van der Waals surface area (Å²) in [6.45, 7) is 1.75. The number of carbonyl (C=O) groups excluding carboxylic acids is 2. The molecule has 34 heavy (non-hydrogen) atoms. The number of thiophene rings is 1. The molecule has 0 aliphatic carbocycles. The number of aromatic nitrogens is 1.